The number of carbonyl (C=O) groups is 1. The van der Waals surface area contributed by atoms with Crippen LogP contribution in [-0.2, 0) is 11.3 Å². The number of nitrogens with zero attached hydrogens (tertiary/aromatic N) is 4. The zero-order chi connectivity index (χ0) is 23.3. The van der Waals surface area contributed by atoms with E-state index in [0.29, 0.717) is 34.7 Å². The molecular weight excluding hydrogens is 408 g/mol. The molecule has 0 aliphatic carbocycles. The second-order valence-electron chi connectivity index (χ2n) is 9.07. The van der Waals surface area contributed by atoms with E-state index in [1.54, 1.807) is 4.57 Å². The quantitative estimate of drug-likeness (QED) is 0.403. The normalized spacial score (nSPS) is 12.2. The Morgan fingerprint density at radius 2 is 1.55 bits per heavy atom. The van der Waals surface area contributed by atoms with Crippen LogP contribution in [0, 0.1) is 0 Å². The summed E-state index contributed by atoms with van der Waals surface area (Å²) in [7, 11) is 0. The highest BCUT2D eigenvalue weighted by molar-refractivity contribution is 7.99. The summed E-state index contributed by atoms with van der Waals surface area (Å²) >= 11 is 1.36. The highest BCUT2D eigenvalue weighted by Gasteiger charge is 2.22. The monoisotopic (exact) mass is 446 g/mol. The van der Waals surface area contributed by atoms with Gasteiger partial charge in [0.15, 0.2) is 5.16 Å². The summed E-state index contributed by atoms with van der Waals surface area (Å²) in [6.45, 7) is 18.1. The third-order valence-corrected chi connectivity index (χ3v) is 6.42. The lowest BCUT2D eigenvalue weighted by molar-refractivity contribution is -0.131. The fraction of sp³-hybridized carbons (Fsp3) is 0.625. The number of aromatic nitrogens is 2. The number of carbonyl (C=O) groups excluding carboxylic acids is 1. The first-order chi connectivity index (χ1) is 14.5. The van der Waals surface area contributed by atoms with Gasteiger partial charge >= 0.3 is 0 Å². The molecule has 0 unspecified atom stereocenters. The lowest BCUT2D eigenvalue weighted by Gasteiger charge is -2.31. The fourth-order valence-corrected chi connectivity index (χ4v) is 5.05. The largest absolute Gasteiger partial charge is 0.337 e. The molecule has 0 spiro atoms. The van der Waals surface area contributed by atoms with Crippen LogP contribution in [0.25, 0.3) is 10.9 Å². The molecule has 0 fully saturated rings. The highest BCUT2D eigenvalue weighted by Crippen LogP contribution is 2.20. The van der Waals surface area contributed by atoms with Crippen molar-refractivity contribution in [2.75, 3.05) is 12.3 Å². The average molecular weight is 447 g/mol. The van der Waals surface area contributed by atoms with Gasteiger partial charge in [-0.05, 0) is 67.5 Å². The number of hydrogen-bond donors (Lipinski definition) is 0. The van der Waals surface area contributed by atoms with Crippen molar-refractivity contribution < 1.29 is 4.79 Å². The average Bonchev–Trinajstić information content (AvgIpc) is 2.67. The molecule has 0 aliphatic heterocycles. The molecule has 6 nitrogen and oxygen atoms in total. The molecule has 1 amide bonds. The molecule has 1 heterocycles. The minimum atomic E-state index is -0.0439. The SMILES string of the molecule is CC(C)N(CCn1c(SCC(=O)N(C(C)C)C(C)C)nc2ccccc2c1=O)C(C)C. The molecule has 2 aromatic rings. The zero-order valence-corrected chi connectivity index (χ0v) is 21.1. The number of para-hydroxylation sites is 1. The Labute approximate surface area is 191 Å². The Morgan fingerprint density at radius 3 is 2.10 bits per heavy atom. The third-order valence-electron chi connectivity index (χ3n) is 5.46. The van der Waals surface area contributed by atoms with Crippen LogP contribution in [0.4, 0.5) is 0 Å². The van der Waals surface area contributed by atoms with E-state index in [0.717, 1.165) is 6.54 Å². The predicted octanol–water partition coefficient (Wildman–Crippen LogP) is 4.25. The molecule has 0 atom stereocenters. The van der Waals surface area contributed by atoms with Crippen molar-refractivity contribution in [3.05, 3.63) is 34.6 Å². The van der Waals surface area contributed by atoms with Crippen LogP contribution in [0.5, 0.6) is 0 Å². The second-order valence-corrected chi connectivity index (χ2v) is 10.0. The van der Waals surface area contributed by atoms with E-state index < -0.39 is 0 Å². The van der Waals surface area contributed by atoms with Crippen molar-refractivity contribution in [1.29, 1.82) is 0 Å². The summed E-state index contributed by atoms with van der Waals surface area (Å²) in [6.07, 6.45) is 0. The van der Waals surface area contributed by atoms with Crippen molar-refractivity contribution in [3.63, 3.8) is 0 Å². The molecule has 0 radical (unpaired) electrons. The van der Waals surface area contributed by atoms with Crippen LogP contribution >= 0.6 is 11.8 Å². The Bertz CT molecular complexity index is 921. The van der Waals surface area contributed by atoms with Crippen molar-refractivity contribution in [2.24, 2.45) is 0 Å². The Hall–Kier alpha value is -1.86. The van der Waals surface area contributed by atoms with Gasteiger partial charge in [0.25, 0.3) is 5.56 Å². The van der Waals surface area contributed by atoms with Crippen molar-refractivity contribution in [2.45, 2.75) is 91.3 Å². The van der Waals surface area contributed by atoms with Crippen LogP contribution in [0.2, 0.25) is 0 Å². The van der Waals surface area contributed by atoms with Crippen LogP contribution in [0.1, 0.15) is 55.4 Å². The lowest BCUT2D eigenvalue weighted by atomic mass is 10.2. The summed E-state index contributed by atoms with van der Waals surface area (Å²) < 4.78 is 1.74. The smallest absolute Gasteiger partial charge is 0.262 e. The summed E-state index contributed by atoms with van der Waals surface area (Å²) in [5.41, 5.74) is 0.630. The van der Waals surface area contributed by atoms with Gasteiger partial charge in [0.2, 0.25) is 5.91 Å². The number of benzene rings is 1. The van der Waals surface area contributed by atoms with Crippen LogP contribution in [0.3, 0.4) is 0 Å². The number of hydrogen-bond acceptors (Lipinski definition) is 5. The number of amides is 1. The van der Waals surface area contributed by atoms with E-state index in [-0.39, 0.29) is 29.3 Å². The second kappa shape index (κ2) is 11.1. The van der Waals surface area contributed by atoms with Crippen molar-refractivity contribution in [3.8, 4) is 0 Å². The van der Waals surface area contributed by atoms with E-state index in [2.05, 4.69) is 32.6 Å². The molecular formula is C24H38N4O2S. The van der Waals surface area contributed by atoms with E-state index in [1.807, 2.05) is 56.9 Å². The molecule has 1 aromatic carbocycles. The van der Waals surface area contributed by atoms with Gasteiger partial charge in [-0.1, -0.05) is 23.9 Å². The maximum atomic E-state index is 13.3. The number of fused-ring (bicyclic) bond motifs is 1. The Balaban J connectivity index is 2.36. The lowest BCUT2D eigenvalue weighted by Crippen LogP contribution is -2.43. The Kier molecular flexibility index (Phi) is 9.13. The molecule has 172 valence electrons. The molecule has 0 N–H and O–H groups in total. The Morgan fingerprint density at radius 1 is 0.968 bits per heavy atom. The van der Waals surface area contributed by atoms with Gasteiger partial charge in [0.05, 0.1) is 16.7 Å². The molecule has 0 saturated carbocycles. The van der Waals surface area contributed by atoms with Gasteiger partial charge in [-0.3, -0.25) is 19.1 Å². The van der Waals surface area contributed by atoms with Crippen LogP contribution in [-0.4, -0.2) is 61.7 Å². The molecule has 0 aliphatic rings. The summed E-state index contributed by atoms with van der Waals surface area (Å²) in [6, 6.07) is 8.45. The maximum Gasteiger partial charge on any atom is 0.262 e. The summed E-state index contributed by atoms with van der Waals surface area (Å²) in [4.78, 5) is 35.2. The van der Waals surface area contributed by atoms with Crippen molar-refractivity contribution in [1.82, 2.24) is 19.4 Å². The van der Waals surface area contributed by atoms with E-state index in [9.17, 15) is 9.59 Å². The predicted molar refractivity (Wildman–Crippen MR) is 131 cm³/mol. The van der Waals surface area contributed by atoms with E-state index in [4.69, 9.17) is 4.98 Å². The van der Waals surface area contributed by atoms with Gasteiger partial charge in [-0.15, -0.1) is 0 Å². The molecule has 31 heavy (non-hydrogen) atoms. The topological polar surface area (TPSA) is 58.4 Å². The first-order valence-electron chi connectivity index (χ1n) is 11.2. The van der Waals surface area contributed by atoms with Gasteiger partial charge in [0.1, 0.15) is 0 Å². The minimum Gasteiger partial charge on any atom is -0.337 e. The highest BCUT2D eigenvalue weighted by atomic mass is 32.2. The molecule has 2 rings (SSSR count). The van der Waals surface area contributed by atoms with Crippen LogP contribution in [0.15, 0.2) is 34.2 Å². The standard InChI is InChI=1S/C24H38N4O2S/c1-16(2)26(17(3)4)13-14-27-23(30)20-11-9-10-12-21(20)25-24(27)31-15-22(29)28(18(5)6)19(7)8/h9-12,16-19H,13-15H2,1-8H3. The first kappa shape index (κ1) is 25.4. The number of thioether (sulfide) groups is 1. The van der Waals surface area contributed by atoms with Crippen molar-refractivity contribution >= 4 is 28.6 Å². The zero-order valence-electron chi connectivity index (χ0n) is 20.3. The fourth-order valence-electron chi connectivity index (χ4n) is 4.16. The van der Waals surface area contributed by atoms with E-state index in [1.165, 1.54) is 11.8 Å². The van der Waals surface area contributed by atoms with Gasteiger partial charge < -0.3 is 4.90 Å². The first-order valence-corrected chi connectivity index (χ1v) is 12.2. The summed E-state index contributed by atoms with van der Waals surface area (Å²) in [5, 5.41) is 1.22. The van der Waals surface area contributed by atoms with Gasteiger partial charge in [-0.25, -0.2) is 4.98 Å². The molecule has 7 heteroatoms. The van der Waals surface area contributed by atoms with Gasteiger partial charge in [-0.2, -0.15) is 0 Å². The molecule has 1 aromatic heterocycles. The number of rotatable bonds is 10. The molecule has 0 saturated heterocycles. The van der Waals surface area contributed by atoms with Crippen LogP contribution < -0.4 is 5.56 Å². The third kappa shape index (κ3) is 6.32. The summed E-state index contributed by atoms with van der Waals surface area (Å²) in [5.74, 6) is 0.328. The van der Waals surface area contributed by atoms with E-state index >= 15 is 0 Å². The minimum absolute atomic E-state index is 0.0439. The maximum absolute atomic E-state index is 13.3. The van der Waals surface area contributed by atoms with Gasteiger partial charge in [0, 0.05) is 37.3 Å². The molecule has 0 bridgehead atoms.